The number of benzene rings is 1. The highest BCUT2D eigenvalue weighted by Gasteiger charge is 2.34. The van der Waals surface area contributed by atoms with E-state index in [1.807, 2.05) is 19.9 Å². The molecule has 1 saturated heterocycles. The molecule has 22 heavy (non-hydrogen) atoms. The lowest BCUT2D eigenvalue weighted by Crippen LogP contribution is -2.49. The van der Waals surface area contributed by atoms with Crippen LogP contribution in [0.3, 0.4) is 0 Å². The zero-order chi connectivity index (χ0) is 16.2. The molecule has 0 saturated carbocycles. The van der Waals surface area contributed by atoms with Gasteiger partial charge in [0, 0.05) is 24.2 Å². The topological polar surface area (TPSA) is 66.5 Å². The molecular formula is C16H24N2O3S. The first kappa shape index (κ1) is 17.0. The number of hydrogen-bond acceptors (Lipinski definition) is 3. The van der Waals surface area contributed by atoms with Crippen LogP contribution in [0.4, 0.5) is 0 Å². The first-order valence-corrected chi connectivity index (χ1v) is 9.37. The second kappa shape index (κ2) is 7.24. The summed E-state index contributed by atoms with van der Waals surface area (Å²) >= 11 is 0. The van der Waals surface area contributed by atoms with E-state index >= 15 is 0 Å². The molecule has 5 nitrogen and oxygen atoms in total. The number of hydrogen-bond donors (Lipinski definition) is 1. The van der Waals surface area contributed by atoms with Crippen molar-refractivity contribution in [2.24, 2.45) is 0 Å². The van der Waals surface area contributed by atoms with E-state index in [0.29, 0.717) is 5.56 Å². The summed E-state index contributed by atoms with van der Waals surface area (Å²) in [5.41, 5.74) is 0.541. The van der Waals surface area contributed by atoms with E-state index in [9.17, 15) is 13.2 Å². The van der Waals surface area contributed by atoms with Crippen LogP contribution in [-0.4, -0.2) is 43.0 Å². The maximum Gasteiger partial charge on any atom is 0.251 e. The van der Waals surface area contributed by atoms with Crippen molar-refractivity contribution in [1.82, 2.24) is 9.62 Å². The van der Waals surface area contributed by atoms with Crippen molar-refractivity contribution < 1.29 is 13.2 Å². The van der Waals surface area contributed by atoms with E-state index in [1.165, 1.54) is 0 Å². The van der Waals surface area contributed by atoms with E-state index in [4.69, 9.17) is 0 Å². The second-order valence-electron chi connectivity index (χ2n) is 5.90. The SMILES string of the molecule is C[C@H]1CCC[C@H](C)N1S(=O)(=O)CCNC(=O)c1ccccc1. The maximum absolute atomic E-state index is 12.5. The molecule has 1 aliphatic heterocycles. The number of rotatable bonds is 5. The van der Waals surface area contributed by atoms with Crippen LogP contribution in [0.2, 0.25) is 0 Å². The Morgan fingerprint density at radius 2 is 1.77 bits per heavy atom. The van der Waals surface area contributed by atoms with Crippen molar-refractivity contribution in [1.29, 1.82) is 0 Å². The summed E-state index contributed by atoms with van der Waals surface area (Å²) < 4.78 is 26.6. The van der Waals surface area contributed by atoms with Gasteiger partial charge in [0.15, 0.2) is 0 Å². The van der Waals surface area contributed by atoms with Crippen LogP contribution in [0.1, 0.15) is 43.5 Å². The van der Waals surface area contributed by atoms with Crippen LogP contribution in [0.5, 0.6) is 0 Å². The molecular weight excluding hydrogens is 300 g/mol. The Labute approximate surface area is 132 Å². The fraction of sp³-hybridized carbons (Fsp3) is 0.562. The minimum atomic E-state index is -3.34. The first-order chi connectivity index (χ1) is 10.4. The van der Waals surface area contributed by atoms with Crippen molar-refractivity contribution in [3.63, 3.8) is 0 Å². The van der Waals surface area contributed by atoms with Gasteiger partial charge in [-0.15, -0.1) is 0 Å². The molecule has 1 aromatic carbocycles. The Hall–Kier alpha value is -1.40. The second-order valence-corrected chi connectivity index (χ2v) is 7.89. The predicted molar refractivity (Wildman–Crippen MR) is 87.2 cm³/mol. The van der Waals surface area contributed by atoms with Gasteiger partial charge >= 0.3 is 0 Å². The number of carbonyl (C=O) groups excluding carboxylic acids is 1. The fourth-order valence-electron chi connectivity index (χ4n) is 3.04. The average Bonchev–Trinajstić information content (AvgIpc) is 2.47. The molecule has 1 aromatic rings. The fourth-order valence-corrected chi connectivity index (χ4v) is 4.91. The van der Waals surface area contributed by atoms with Crippen LogP contribution in [0, 0.1) is 0 Å². The van der Waals surface area contributed by atoms with Gasteiger partial charge in [-0.3, -0.25) is 4.79 Å². The summed E-state index contributed by atoms with van der Waals surface area (Å²) in [6, 6.07) is 8.89. The molecule has 6 heteroatoms. The zero-order valence-corrected chi connectivity index (χ0v) is 14.0. The highest BCUT2D eigenvalue weighted by atomic mass is 32.2. The smallest absolute Gasteiger partial charge is 0.251 e. The third kappa shape index (κ3) is 4.08. The summed E-state index contributed by atoms with van der Waals surface area (Å²) in [6.07, 6.45) is 2.87. The Kier molecular flexibility index (Phi) is 5.58. The number of piperidine rings is 1. The Morgan fingerprint density at radius 1 is 1.18 bits per heavy atom. The first-order valence-electron chi connectivity index (χ1n) is 7.76. The van der Waals surface area contributed by atoms with Gasteiger partial charge < -0.3 is 5.32 Å². The monoisotopic (exact) mass is 324 g/mol. The van der Waals surface area contributed by atoms with Gasteiger partial charge in [0.2, 0.25) is 10.0 Å². The molecule has 0 radical (unpaired) electrons. The molecule has 122 valence electrons. The molecule has 0 aliphatic carbocycles. The molecule has 1 fully saturated rings. The maximum atomic E-state index is 12.5. The van der Waals surface area contributed by atoms with Crippen LogP contribution in [-0.2, 0) is 10.0 Å². The summed E-state index contributed by atoms with van der Waals surface area (Å²) in [6.45, 7) is 4.04. The average molecular weight is 324 g/mol. The normalized spacial score (nSPS) is 23.2. The standard InChI is InChI=1S/C16H24N2O3S/c1-13-7-6-8-14(2)18(13)22(20,21)12-11-17-16(19)15-9-4-3-5-10-15/h3-5,9-10,13-14H,6-8,11-12H2,1-2H3,(H,17,19)/t13-,14-/m0/s1. The molecule has 1 heterocycles. The largest absolute Gasteiger partial charge is 0.351 e. The molecule has 0 bridgehead atoms. The lowest BCUT2D eigenvalue weighted by Gasteiger charge is -2.37. The highest BCUT2D eigenvalue weighted by Crippen LogP contribution is 2.25. The van der Waals surface area contributed by atoms with Gasteiger partial charge in [-0.25, -0.2) is 8.42 Å². The Balaban J connectivity index is 1.91. The predicted octanol–water partition coefficient (Wildman–Crippen LogP) is 2.01. The van der Waals surface area contributed by atoms with Gasteiger partial charge in [0.25, 0.3) is 5.91 Å². The molecule has 1 amide bonds. The molecule has 1 N–H and O–H groups in total. The Bertz CT molecular complexity index is 591. The van der Waals surface area contributed by atoms with Gasteiger partial charge in [-0.1, -0.05) is 24.6 Å². The van der Waals surface area contributed by atoms with Crippen LogP contribution >= 0.6 is 0 Å². The third-order valence-electron chi connectivity index (χ3n) is 4.12. The lowest BCUT2D eigenvalue weighted by molar-refractivity contribution is 0.0956. The number of amides is 1. The van der Waals surface area contributed by atoms with Crippen molar-refractivity contribution in [2.75, 3.05) is 12.3 Å². The number of nitrogens with zero attached hydrogens (tertiary/aromatic N) is 1. The number of sulfonamides is 1. The number of carbonyl (C=O) groups is 1. The summed E-state index contributed by atoms with van der Waals surface area (Å²) in [7, 11) is -3.34. The van der Waals surface area contributed by atoms with Crippen LogP contribution < -0.4 is 5.32 Å². The summed E-state index contributed by atoms with van der Waals surface area (Å²) in [5, 5.41) is 2.68. The van der Waals surface area contributed by atoms with E-state index in [1.54, 1.807) is 28.6 Å². The van der Waals surface area contributed by atoms with Gasteiger partial charge in [0.05, 0.1) is 5.75 Å². The summed E-state index contributed by atoms with van der Waals surface area (Å²) in [5.74, 6) is -0.296. The highest BCUT2D eigenvalue weighted by molar-refractivity contribution is 7.89. The summed E-state index contributed by atoms with van der Waals surface area (Å²) in [4.78, 5) is 11.9. The quantitative estimate of drug-likeness (QED) is 0.901. The van der Waals surface area contributed by atoms with Gasteiger partial charge in [-0.05, 0) is 38.8 Å². The molecule has 2 atom stereocenters. The van der Waals surface area contributed by atoms with Gasteiger partial charge in [-0.2, -0.15) is 4.31 Å². The minimum Gasteiger partial charge on any atom is -0.351 e. The van der Waals surface area contributed by atoms with E-state index in [0.717, 1.165) is 19.3 Å². The van der Waals surface area contributed by atoms with Crippen LogP contribution in [0.25, 0.3) is 0 Å². The van der Waals surface area contributed by atoms with Crippen molar-refractivity contribution in [2.45, 2.75) is 45.2 Å². The van der Waals surface area contributed by atoms with Crippen molar-refractivity contribution in [3.8, 4) is 0 Å². The zero-order valence-electron chi connectivity index (χ0n) is 13.2. The van der Waals surface area contributed by atoms with Crippen molar-refractivity contribution in [3.05, 3.63) is 35.9 Å². The molecule has 0 spiro atoms. The molecule has 1 aliphatic rings. The van der Waals surface area contributed by atoms with Gasteiger partial charge in [0.1, 0.15) is 0 Å². The molecule has 0 unspecified atom stereocenters. The minimum absolute atomic E-state index is 0.0403. The third-order valence-corrected chi connectivity index (χ3v) is 6.20. The van der Waals surface area contributed by atoms with E-state index in [-0.39, 0.29) is 30.3 Å². The Morgan fingerprint density at radius 3 is 2.36 bits per heavy atom. The molecule has 0 aromatic heterocycles. The van der Waals surface area contributed by atoms with E-state index in [2.05, 4.69) is 5.32 Å². The molecule has 2 rings (SSSR count). The number of nitrogens with one attached hydrogen (secondary N) is 1. The van der Waals surface area contributed by atoms with Crippen LogP contribution in [0.15, 0.2) is 30.3 Å². The van der Waals surface area contributed by atoms with E-state index < -0.39 is 10.0 Å². The van der Waals surface area contributed by atoms with Crippen molar-refractivity contribution >= 4 is 15.9 Å². The lowest BCUT2D eigenvalue weighted by atomic mass is 10.0.